The third kappa shape index (κ3) is 7.07. The summed E-state index contributed by atoms with van der Waals surface area (Å²) in [6.45, 7) is 4.05. The predicted molar refractivity (Wildman–Crippen MR) is 61.2 cm³/mol. The summed E-state index contributed by atoms with van der Waals surface area (Å²) in [7, 11) is 0. The van der Waals surface area contributed by atoms with Crippen LogP contribution >= 0.6 is 11.8 Å². The molecule has 0 spiro atoms. The number of thioether (sulfide) groups is 1. The maximum absolute atomic E-state index is 11.1. The molecule has 3 N–H and O–H groups in total. The number of nitrogens with one attached hydrogen (secondary N) is 2. The van der Waals surface area contributed by atoms with Crippen LogP contribution in [0.25, 0.3) is 0 Å². The lowest BCUT2D eigenvalue weighted by atomic mass is 10.3. The maximum Gasteiger partial charge on any atom is 0.325 e. The Bertz CT molecular complexity index is 223. The second-order valence-electron chi connectivity index (χ2n) is 3.30. The van der Waals surface area contributed by atoms with Crippen LogP contribution in [0.2, 0.25) is 0 Å². The van der Waals surface area contributed by atoms with Crippen molar-refractivity contribution in [2.45, 2.75) is 31.6 Å². The molecule has 0 aliphatic carbocycles. The molecule has 15 heavy (non-hydrogen) atoms. The van der Waals surface area contributed by atoms with Gasteiger partial charge in [-0.15, -0.1) is 0 Å². The summed E-state index contributed by atoms with van der Waals surface area (Å²) in [6.07, 6.45) is 2.88. The minimum absolute atomic E-state index is 0.432. The van der Waals surface area contributed by atoms with Crippen molar-refractivity contribution in [2.75, 3.05) is 12.8 Å². The van der Waals surface area contributed by atoms with Crippen molar-refractivity contribution in [3.63, 3.8) is 0 Å². The fraction of sp³-hybridized carbons (Fsp3) is 0.778. The first-order chi connectivity index (χ1) is 6.97. The van der Waals surface area contributed by atoms with E-state index in [9.17, 15) is 9.59 Å². The predicted octanol–water partition coefficient (Wildman–Crippen LogP) is 0.900. The fourth-order valence-electron chi connectivity index (χ4n) is 0.816. The molecule has 0 aliphatic rings. The molecular formula is C9H18N2O3S. The number of carboxylic acids is 1. The van der Waals surface area contributed by atoms with Crippen LogP contribution in [0, 0.1) is 0 Å². The largest absolute Gasteiger partial charge is 0.480 e. The van der Waals surface area contributed by atoms with Gasteiger partial charge in [-0.05, 0) is 19.6 Å². The van der Waals surface area contributed by atoms with E-state index < -0.39 is 18.0 Å². The van der Waals surface area contributed by atoms with Gasteiger partial charge in [-0.3, -0.25) is 4.79 Å². The molecule has 1 unspecified atom stereocenters. The number of urea groups is 1. The van der Waals surface area contributed by atoms with E-state index in [0.717, 1.165) is 6.42 Å². The number of hydrogen-bond acceptors (Lipinski definition) is 3. The molecule has 0 bridgehead atoms. The highest BCUT2D eigenvalue weighted by Crippen LogP contribution is 2.07. The number of amides is 2. The monoisotopic (exact) mass is 234 g/mol. The first kappa shape index (κ1) is 14.1. The molecule has 0 saturated carbocycles. The Hall–Kier alpha value is -0.910. The molecule has 0 heterocycles. The molecule has 0 aromatic rings. The van der Waals surface area contributed by atoms with Crippen molar-refractivity contribution in [2.24, 2.45) is 0 Å². The number of carboxylic acid groups (broad SMARTS) is 1. The van der Waals surface area contributed by atoms with E-state index >= 15 is 0 Å². The second kappa shape index (κ2) is 7.39. The lowest BCUT2D eigenvalue weighted by Crippen LogP contribution is -2.44. The van der Waals surface area contributed by atoms with Crippen LogP contribution in [-0.4, -0.2) is 41.2 Å². The Kier molecular flexibility index (Phi) is 6.94. The average molecular weight is 234 g/mol. The molecule has 0 radical (unpaired) electrons. The zero-order valence-electron chi connectivity index (χ0n) is 9.24. The van der Waals surface area contributed by atoms with Gasteiger partial charge in [0.1, 0.15) is 6.04 Å². The lowest BCUT2D eigenvalue weighted by molar-refractivity contribution is -0.138. The first-order valence-electron chi connectivity index (χ1n) is 4.77. The standard InChI is InChI=1S/C9H18N2O3S/c1-6(15-3)4-5-10-9(14)11-7(2)8(12)13/h6-7H,4-5H2,1-3H3,(H,12,13)(H2,10,11,14)/t6?,7-/m0/s1. The Morgan fingerprint density at radius 2 is 2.00 bits per heavy atom. The van der Waals surface area contributed by atoms with Crippen molar-refractivity contribution in [3.8, 4) is 0 Å². The van der Waals surface area contributed by atoms with Crippen molar-refractivity contribution < 1.29 is 14.7 Å². The van der Waals surface area contributed by atoms with Gasteiger partial charge in [0.05, 0.1) is 0 Å². The highest BCUT2D eigenvalue weighted by molar-refractivity contribution is 7.99. The van der Waals surface area contributed by atoms with Crippen molar-refractivity contribution in [1.82, 2.24) is 10.6 Å². The molecule has 6 heteroatoms. The van der Waals surface area contributed by atoms with E-state index in [1.165, 1.54) is 6.92 Å². The second-order valence-corrected chi connectivity index (χ2v) is 4.57. The molecule has 0 aromatic heterocycles. The van der Waals surface area contributed by atoms with Gasteiger partial charge >= 0.3 is 12.0 Å². The van der Waals surface area contributed by atoms with Gasteiger partial charge in [0, 0.05) is 11.8 Å². The molecule has 2 atom stereocenters. The number of carbonyl (C=O) groups is 2. The third-order valence-electron chi connectivity index (χ3n) is 1.96. The topological polar surface area (TPSA) is 78.4 Å². The van der Waals surface area contributed by atoms with E-state index in [0.29, 0.717) is 11.8 Å². The van der Waals surface area contributed by atoms with E-state index in [1.807, 2.05) is 6.26 Å². The Balaban J connectivity index is 3.62. The molecule has 0 fully saturated rings. The van der Waals surface area contributed by atoms with E-state index in [-0.39, 0.29) is 0 Å². The van der Waals surface area contributed by atoms with Crippen LogP contribution in [-0.2, 0) is 4.79 Å². The van der Waals surface area contributed by atoms with Gasteiger partial charge in [0.15, 0.2) is 0 Å². The zero-order chi connectivity index (χ0) is 11.8. The van der Waals surface area contributed by atoms with Crippen LogP contribution in [0.1, 0.15) is 20.3 Å². The van der Waals surface area contributed by atoms with Crippen LogP contribution in [0.3, 0.4) is 0 Å². The van der Waals surface area contributed by atoms with Gasteiger partial charge in [-0.2, -0.15) is 11.8 Å². The fourth-order valence-corrected chi connectivity index (χ4v) is 1.17. The van der Waals surface area contributed by atoms with Crippen molar-refractivity contribution >= 4 is 23.8 Å². The van der Waals surface area contributed by atoms with Crippen LogP contribution in [0.4, 0.5) is 4.79 Å². The number of carbonyl (C=O) groups excluding carboxylic acids is 1. The maximum atomic E-state index is 11.1. The number of rotatable bonds is 6. The summed E-state index contributed by atoms with van der Waals surface area (Å²) in [4.78, 5) is 21.6. The van der Waals surface area contributed by atoms with Gasteiger partial charge in [0.25, 0.3) is 0 Å². The normalized spacial score (nSPS) is 14.1. The van der Waals surface area contributed by atoms with E-state index in [4.69, 9.17) is 5.11 Å². The van der Waals surface area contributed by atoms with Crippen LogP contribution in [0.5, 0.6) is 0 Å². The SMILES string of the molecule is CSC(C)CCNC(=O)N[C@@H](C)C(=O)O. The van der Waals surface area contributed by atoms with Gasteiger partial charge in [0.2, 0.25) is 0 Å². The highest BCUT2D eigenvalue weighted by Gasteiger charge is 2.13. The molecule has 88 valence electrons. The molecule has 0 saturated heterocycles. The summed E-state index contributed by atoms with van der Waals surface area (Å²) in [5.74, 6) is -1.04. The summed E-state index contributed by atoms with van der Waals surface area (Å²) in [6, 6.07) is -1.29. The zero-order valence-corrected chi connectivity index (χ0v) is 10.1. The third-order valence-corrected chi connectivity index (χ3v) is 3.00. The van der Waals surface area contributed by atoms with Crippen molar-refractivity contribution in [3.05, 3.63) is 0 Å². The van der Waals surface area contributed by atoms with Crippen LogP contribution in [0.15, 0.2) is 0 Å². The van der Waals surface area contributed by atoms with E-state index in [2.05, 4.69) is 17.6 Å². The summed E-state index contributed by atoms with van der Waals surface area (Å²) in [5, 5.41) is 13.9. The smallest absolute Gasteiger partial charge is 0.325 e. The van der Waals surface area contributed by atoms with E-state index in [1.54, 1.807) is 11.8 Å². The summed E-state index contributed by atoms with van der Waals surface area (Å²) >= 11 is 1.73. The molecule has 0 aliphatic heterocycles. The summed E-state index contributed by atoms with van der Waals surface area (Å²) < 4.78 is 0. The van der Waals surface area contributed by atoms with Gasteiger partial charge in [-0.25, -0.2) is 4.79 Å². The number of hydrogen-bond donors (Lipinski definition) is 3. The minimum Gasteiger partial charge on any atom is -0.480 e. The minimum atomic E-state index is -1.04. The first-order valence-corrected chi connectivity index (χ1v) is 6.06. The molecule has 2 amide bonds. The van der Waals surface area contributed by atoms with Gasteiger partial charge in [-0.1, -0.05) is 6.92 Å². The highest BCUT2D eigenvalue weighted by atomic mass is 32.2. The molecule has 0 rings (SSSR count). The average Bonchev–Trinajstić information content (AvgIpc) is 2.17. The Labute approximate surface area is 94.0 Å². The number of aliphatic carboxylic acids is 1. The Morgan fingerprint density at radius 3 is 2.47 bits per heavy atom. The molecule has 0 aromatic carbocycles. The van der Waals surface area contributed by atoms with Crippen LogP contribution < -0.4 is 10.6 Å². The quantitative estimate of drug-likeness (QED) is 0.638. The van der Waals surface area contributed by atoms with Gasteiger partial charge < -0.3 is 15.7 Å². The molecule has 5 nitrogen and oxygen atoms in total. The Morgan fingerprint density at radius 1 is 1.40 bits per heavy atom. The lowest BCUT2D eigenvalue weighted by Gasteiger charge is -2.12. The van der Waals surface area contributed by atoms with Crippen molar-refractivity contribution in [1.29, 1.82) is 0 Å². The molecular weight excluding hydrogens is 216 g/mol. The summed E-state index contributed by atoms with van der Waals surface area (Å²) in [5.41, 5.74) is 0.